The maximum absolute atomic E-state index is 13.0. The molecule has 0 saturated carbocycles. The maximum atomic E-state index is 13.0. The largest absolute Gasteiger partial charge is 0.489 e. The molecule has 3 aromatic heterocycles. The lowest BCUT2D eigenvalue weighted by molar-refractivity contribution is 0.143. The molecule has 1 aliphatic rings. The van der Waals surface area contributed by atoms with Gasteiger partial charge in [0, 0.05) is 42.5 Å². The maximum Gasteiger partial charge on any atom is 0.407 e. The summed E-state index contributed by atoms with van der Waals surface area (Å²) >= 11 is 0. The van der Waals surface area contributed by atoms with Crippen molar-refractivity contribution in [3.63, 3.8) is 0 Å². The van der Waals surface area contributed by atoms with Crippen LogP contribution in [0, 0.1) is 5.82 Å². The Morgan fingerprint density at radius 3 is 2.71 bits per heavy atom. The van der Waals surface area contributed by atoms with Crippen molar-refractivity contribution in [2.45, 2.75) is 26.0 Å². The van der Waals surface area contributed by atoms with E-state index in [0.29, 0.717) is 30.3 Å². The molecule has 0 aliphatic carbocycles. The summed E-state index contributed by atoms with van der Waals surface area (Å²) in [6.45, 7) is 1.04. The molecule has 4 aromatic rings. The zero-order valence-electron chi connectivity index (χ0n) is 18.6. The van der Waals surface area contributed by atoms with Gasteiger partial charge in [-0.05, 0) is 48.7 Å². The molecule has 1 N–H and O–H groups in total. The SMILES string of the molecule is Cn1c2c(c3ccc(-n4ccc(OCc5ccc(F)cc5)cc4=O)nc31)CN(C(=O)O)CCC2. The normalized spacial score (nSPS) is 13.5. The van der Waals surface area contributed by atoms with Gasteiger partial charge in [-0.1, -0.05) is 12.1 Å². The van der Waals surface area contributed by atoms with E-state index < -0.39 is 6.09 Å². The van der Waals surface area contributed by atoms with Crippen LogP contribution in [-0.2, 0) is 26.6 Å². The first-order chi connectivity index (χ1) is 16.4. The van der Waals surface area contributed by atoms with Crippen LogP contribution < -0.4 is 10.3 Å². The predicted molar refractivity (Wildman–Crippen MR) is 124 cm³/mol. The van der Waals surface area contributed by atoms with E-state index >= 15 is 0 Å². The average molecular weight is 462 g/mol. The van der Waals surface area contributed by atoms with Crippen LogP contribution in [0.5, 0.6) is 5.75 Å². The highest BCUT2D eigenvalue weighted by Crippen LogP contribution is 2.29. The molecule has 1 aromatic carbocycles. The fraction of sp³-hybridized carbons (Fsp3) is 0.240. The van der Waals surface area contributed by atoms with Gasteiger partial charge in [0.15, 0.2) is 0 Å². The molecule has 0 spiro atoms. The van der Waals surface area contributed by atoms with Crippen LogP contribution in [0.4, 0.5) is 9.18 Å². The molecule has 1 amide bonds. The van der Waals surface area contributed by atoms with Crippen molar-refractivity contribution >= 4 is 17.1 Å². The molecule has 0 fully saturated rings. The Morgan fingerprint density at radius 2 is 1.97 bits per heavy atom. The third-order valence-electron chi connectivity index (χ3n) is 6.17. The molecule has 0 saturated heterocycles. The minimum atomic E-state index is -0.928. The van der Waals surface area contributed by atoms with Gasteiger partial charge in [-0.25, -0.2) is 14.2 Å². The summed E-state index contributed by atoms with van der Waals surface area (Å²) in [4.78, 5) is 30.5. The fourth-order valence-corrected chi connectivity index (χ4v) is 4.40. The standard InChI is InChI=1S/C25H23FN4O4/c1-28-21-3-2-11-29(25(32)33)14-20(21)19-8-9-22(27-24(19)28)30-12-10-18(13-23(30)31)34-15-16-4-6-17(26)7-5-16/h4-10,12-13H,2-3,11,14-15H2,1H3,(H,32,33). The number of hydrogen-bond donors (Lipinski definition) is 1. The molecule has 8 nitrogen and oxygen atoms in total. The molecule has 0 bridgehead atoms. The minimum Gasteiger partial charge on any atom is -0.489 e. The summed E-state index contributed by atoms with van der Waals surface area (Å²) in [5, 5.41) is 10.4. The molecule has 1 aliphatic heterocycles. The van der Waals surface area contributed by atoms with E-state index in [1.807, 2.05) is 17.7 Å². The number of aryl methyl sites for hydroxylation is 1. The Labute approximate surface area is 194 Å². The molecule has 9 heteroatoms. The lowest BCUT2D eigenvalue weighted by atomic mass is 10.1. The number of carboxylic acid groups (broad SMARTS) is 1. The number of benzene rings is 1. The van der Waals surface area contributed by atoms with Crippen LogP contribution in [-0.4, -0.2) is 36.8 Å². The molecule has 0 atom stereocenters. The summed E-state index contributed by atoms with van der Waals surface area (Å²) in [6.07, 6.45) is 2.19. The molecule has 0 unspecified atom stereocenters. The van der Waals surface area contributed by atoms with E-state index in [9.17, 15) is 19.1 Å². The molecule has 5 rings (SSSR count). The van der Waals surface area contributed by atoms with Crippen molar-refractivity contribution in [3.05, 3.63) is 87.7 Å². The molecule has 34 heavy (non-hydrogen) atoms. The summed E-state index contributed by atoms with van der Waals surface area (Å²) in [7, 11) is 1.92. The number of ether oxygens (including phenoxy) is 1. The highest BCUT2D eigenvalue weighted by atomic mass is 19.1. The first-order valence-corrected chi connectivity index (χ1v) is 11.0. The van der Waals surface area contributed by atoms with Gasteiger partial charge < -0.3 is 19.3 Å². The highest BCUT2D eigenvalue weighted by molar-refractivity contribution is 5.83. The Kier molecular flexibility index (Phi) is 5.53. The van der Waals surface area contributed by atoms with Crippen LogP contribution >= 0.6 is 0 Å². The van der Waals surface area contributed by atoms with Crippen molar-refractivity contribution in [3.8, 4) is 11.6 Å². The van der Waals surface area contributed by atoms with Crippen LogP contribution in [0.3, 0.4) is 0 Å². The number of amides is 1. The van der Waals surface area contributed by atoms with E-state index in [0.717, 1.165) is 35.0 Å². The second kappa shape index (κ2) is 8.66. The number of halogens is 1. The van der Waals surface area contributed by atoms with Crippen molar-refractivity contribution in [2.24, 2.45) is 7.05 Å². The lowest BCUT2D eigenvalue weighted by Gasteiger charge is -2.16. The quantitative estimate of drug-likeness (QED) is 0.497. The number of hydrogen-bond acceptors (Lipinski definition) is 4. The van der Waals surface area contributed by atoms with E-state index in [1.165, 1.54) is 27.7 Å². The number of rotatable bonds is 4. The number of pyridine rings is 2. The average Bonchev–Trinajstić information content (AvgIpc) is 2.97. The highest BCUT2D eigenvalue weighted by Gasteiger charge is 2.24. The van der Waals surface area contributed by atoms with E-state index in [2.05, 4.69) is 0 Å². The van der Waals surface area contributed by atoms with Gasteiger partial charge in [0.1, 0.15) is 29.6 Å². The van der Waals surface area contributed by atoms with Crippen LogP contribution in [0.2, 0.25) is 0 Å². The Balaban J connectivity index is 1.43. The smallest absolute Gasteiger partial charge is 0.407 e. The molecular formula is C25H23FN4O4. The fourth-order valence-electron chi connectivity index (χ4n) is 4.40. The Bertz CT molecular complexity index is 1440. The molecule has 4 heterocycles. The zero-order valence-corrected chi connectivity index (χ0v) is 18.6. The predicted octanol–water partition coefficient (Wildman–Crippen LogP) is 3.87. The summed E-state index contributed by atoms with van der Waals surface area (Å²) in [6, 6.07) is 12.7. The second-order valence-electron chi connectivity index (χ2n) is 8.32. The molecule has 174 valence electrons. The van der Waals surface area contributed by atoms with E-state index in [-0.39, 0.29) is 18.0 Å². The minimum absolute atomic E-state index is 0.218. The Hall–Kier alpha value is -4.14. The Morgan fingerprint density at radius 1 is 1.18 bits per heavy atom. The van der Waals surface area contributed by atoms with Gasteiger partial charge in [-0.3, -0.25) is 9.36 Å². The van der Waals surface area contributed by atoms with Gasteiger partial charge >= 0.3 is 6.09 Å². The van der Waals surface area contributed by atoms with E-state index in [1.54, 1.807) is 30.5 Å². The van der Waals surface area contributed by atoms with E-state index in [4.69, 9.17) is 9.72 Å². The van der Waals surface area contributed by atoms with Crippen LogP contribution in [0.15, 0.2) is 59.5 Å². The second-order valence-corrected chi connectivity index (χ2v) is 8.32. The third-order valence-corrected chi connectivity index (χ3v) is 6.17. The third kappa shape index (κ3) is 4.00. The zero-order chi connectivity index (χ0) is 23.8. The monoisotopic (exact) mass is 462 g/mol. The molecule has 0 radical (unpaired) electrons. The van der Waals surface area contributed by atoms with Crippen LogP contribution in [0.25, 0.3) is 16.9 Å². The number of fused-ring (bicyclic) bond motifs is 3. The molecular weight excluding hydrogens is 439 g/mol. The summed E-state index contributed by atoms with van der Waals surface area (Å²) < 4.78 is 22.2. The van der Waals surface area contributed by atoms with Crippen molar-refractivity contribution < 1.29 is 19.0 Å². The first-order valence-electron chi connectivity index (χ1n) is 11.0. The van der Waals surface area contributed by atoms with Crippen LogP contribution in [0.1, 0.15) is 23.2 Å². The van der Waals surface area contributed by atoms with Gasteiger partial charge in [-0.2, -0.15) is 0 Å². The van der Waals surface area contributed by atoms with Gasteiger partial charge in [-0.15, -0.1) is 0 Å². The number of carbonyl (C=O) groups is 1. The number of nitrogens with zero attached hydrogens (tertiary/aromatic N) is 4. The topological polar surface area (TPSA) is 89.6 Å². The van der Waals surface area contributed by atoms with Gasteiger partial charge in [0.2, 0.25) is 0 Å². The lowest BCUT2D eigenvalue weighted by Crippen LogP contribution is -2.28. The summed E-state index contributed by atoms with van der Waals surface area (Å²) in [5.74, 6) is 0.559. The van der Waals surface area contributed by atoms with Crippen molar-refractivity contribution in [2.75, 3.05) is 6.54 Å². The summed E-state index contributed by atoms with van der Waals surface area (Å²) in [5.41, 5.74) is 3.24. The first kappa shape index (κ1) is 21.7. The van der Waals surface area contributed by atoms with Gasteiger partial charge in [0.05, 0.1) is 6.54 Å². The van der Waals surface area contributed by atoms with Crippen molar-refractivity contribution in [1.82, 2.24) is 19.0 Å². The van der Waals surface area contributed by atoms with Gasteiger partial charge in [0.25, 0.3) is 5.56 Å². The van der Waals surface area contributed by atoms with Crippen molar-refractivity contribution in [1.29, 1.82) is 0 Å². The number of aromatic nitrogens is 3.